The quantitative estimate of drug-likeness (QED) is 0.165. The molecule has 1 aliphatic heterocycles. The number of anilines is 2. The Morgan fingerprint density at radius 1 is 0.957 bits per heavy atom. The molecule has 1 unspecified atom stereocenters. The lowest BCUT2D eigenvalue weighted by molar-refractivity contribution is -0.384. The summed E-state index contributed by atoms with van der Waals surface area (Å²) in [5.41, 5.74) is 1.63. The Morgan fingerprint density at radius 3 is 2.41 bits per heavy atom. The third kappa shape index (κ3) is 7.71. The topological polar surface area (TPSA) is 175 Å². The second-order valence-corrected chi connectivity index (χ2v) is 11.5. The predicted molar refractivity (Wildman–Crippen MR) is 171 cm³/mol. The number of aliphatic carboxylic acids is 1. The van der Waals surface area contributed by atoms with Gasteiger partial charge < -0.3 is 25.5 Å². The molecule has 0 aliphatic carbocycles. The molecule has 2 aromatic carbocycles. The van der Waals surface area contributed by atoms with Gasteiger partial charge in [-0.3, -0.25) is 34.3 Å². The van der Waals surface area contributed by atoms with Crippen molar-refractivity contribution in [3.05, 3.63) is 116 Å². The van der Waals surface area contributed by atoms with Crippen LogP contribution in [0.2, 0.25) is 0 Å². The largest absolute Gasteiger partial charge is 0.481 e. The third-order valence-electron chi connectivity index (χ3n) is 7.47. The number of hydrogen-bond donors (Lipinski definition) is 3. The van der Waals surface area contributed by atoms with Crippen LogP contribution in [0.15, 0.2) is 84.5 Å². The van der Waals surface area contributed by atoms with Gasteiger partial charge in [0.2, 0.25) is 0 Å². The predicted octanol–water partition coefficient (Wildman–Crippen LogP) is 4.60. The van der Waals surface area contributed by atoms with Crippen LogP contribution in [0.5, 0.6) is 0 Å². The molecule has 236 valence electrons. The fourth-order valence-electron chi connectivity index (χ4n) is 5.15. The second-order valence-electron chi connectivity index (χ2n) is 10.5. The maximum atomic E-state index is 13.4. The van der Waals surface area contributed by atoms with E-state index in [1.807, 2.05) is 16.3 Å². The van der Waals surface area contributed by atoms with Gasteiger partial charge in [-0.25, -0.2) is 0 Å². The summed E-state index contributed by atoms with van der Waals surface area (Å²) in [7, 11) is 0. The van der Waals surface area contributed by atoms with Gasteiger partial charge in [0, 0.05) is 61.8 Å². The van der Waals surface area contributed by atoms with Gasteiger partial charge in [-0.05, 0) is 59.8 Å². The van der Waals surface area contributed by atoms with Crippen molar-refractivity contribution >= 4 is 52.1 Å². The molecule has 0 bridgehead atoms. The van der Waals surface area contributed by atoms with Gasteiger partial charge in [0.25, 0.3) is 23.4 Å². The number of pyridine rings is 1. The number of non-ortho nitro benzene ring substituents is 1. The van der Waals surface area contributed by atoms with E-state index in [0.29, 0.717) is 54.4 Å². The standard InChI is InChI=1S/C32H30N6O7S/c39-29(40)19-25(23-4-1-12-33-20-23)34-31(42)22-8-11-27(26(18-22)35-30(41)21-6-9-24(10-7-21)38(44)45)36-13-3-14-37(16-15-36)32(43)28-5-2-17-46-28/h1-2,4-12,17-18,20,25H,3,13-16,19H2,(H,34,42)(H,35,41)(H,39,40). The van der Waals surface area contributed by atoms with Crippen molar-refractivity contribution in [1.82, 2.24) is 15.2 Å². The van der Waals surface area contributed by atoms with Crippen molar-refractivity contribution in [3.8, 4) is 0 Å². The number of carboxylic acids is 1. The van der Waals surface area contributed by atoms with Crippen LogP contribution in [0, 0.1) is 10.1 Å². The average molecular weight is 643 g/mol. The lowest BCUT2D eigenvalue weighted by Gasteiger charge is -2.26. The summed E-state index contributed by atoms with van der Waals surface area (Å²) in [5, 5.41) is 28.0. The number of carbonyl (C=O) groups excluding carboxylic acids is 3. The van der Waals surface area contributed by atoms with Crippen LogP contribution < -0.4 is 15.5 Å². The SMILES string of the molecule is O=C(O)CC(NC(=O)c1ccc(N2CCCN(C(=O)c3cccs3)CC2)c(NC(=O)c2ccc([N+](=O)[O-])cc2)c1)c1cccnc1. The van der Waals surface area contributed by atoms with E-state index in [2.05, 4.69) is 15.6 Å². The van der Waals surface area contributed by atoms with Gasteiger partial charge in [-0.2, -0.15) is 0 Å². The minimum atomic E-state index is -1.10. The van der Waals surface area contributed by atoms with Gasteiger partial charge in [0.1, 0.15) is 0 Å². The molecule has 1 aliphatic rings. The van der Waals surface area contributed by atoms with Crippen LogP contribution in [-0.2, 0) is 4.79 Å². The highest BCUT2D eigenvalue weighted by Crippen LogP contribution is 2.30. The monoisotopic (exact) mass is 642 g/mol. The van der Waals surface area contributed by atoms with Crippen LogP contribution in [0.4, 0.5) is 17.1 Å². The Kier molecular flexibility index (Phi) is 9.97. The van der Waals surface area contributed by atoms with Gasteiger partial charge >= 0.3 is 5.97 Å². The number of aromatic nitrogens is 1. The van der Waals surface area contributed by atoms with E-state index in [1.165, 1.54) is 47.9 Å². The van der Waals surface area contributed by atoms with Gasteiger partial charge in [0.15, 0.2) is 0 Å². The zero-order valence-corrected chi connectivity index (χ0v) is 25.3. The van der Waals surface area contributed by atoms with Crippen molar-refractivity contribution in [2.75, 3.05) is 36.4 Å². The second kappa shape index (κ2) is 14.4. The molecule has 0 saturated carbocycles. The lowest BCUT2D eigenvalue weighted by atomic mass is 10.0. The van der Waals surface area contributed by atoms with Gasteiger partial charge in [0.05, 0.1) is 33.6 Å². The van der Waals surface area contributed by atoms with Crippen LogP contribution in [0.3, 0.4) is 0 Å². The highest BCUT2D eigenvalue weighted by Gasteiger charge is 2.25. The average Bonchev–Trinajstić information content (AvgIpc) is 3.49. The maximum Gasteiger partial charge on any atom is 0.305 e. The molecule has 5 rings (SSSR count). The minimum absolute atomic E-state index is 0.0416. The van der Waals surface area contributed by atoms with Gasteiger partial charge in [-0.15, -0.1) is 11.3 Å². The Labute approximate surface area is 267 Å². The number of hydrogen-bond acceptors (Lipinski definition) is 9. The zero-order chi connectivity index (χ0) is 32.6. The van der Waals surface area contributed by atoms with Gasteiger partial charge in [-0.1, -0.05) is 12.1 Å². The molecule has 0 radical (unpaired) electrons. The molecular weight excluding hydrogens is 612 g/mol. The van der Waals surface area contributed by atoms with E-state index in [-0.39, 0.29) is 29.1 Å². The zero-order valence-electron chi connectivity index (χ0n) is 24.5. The number of carboxylic acid groups (broad SMARTS) is 1. The number of nitro benzene ring substituents is 1. The molecule has 3 heterocycles. The smallest absolute Gasteiger partial charge is 0.305 e. The molecular formula is C32H30N6O7S. The van der Waals surface area contributed by atoms with Crippen molar-refractivity contribution in [3.63, 3.8) is 0 Å². The molecule has 4 aromatic rings. The number of benzene rings is 2. The molecule has 0 spiro atoms. The molecule has 3 amide bonds. The fraction of sp³-hybridized carbons (Fsp3) is 0.219. The van der Waals surface area contributed by atoms with Crippen molar-refractivity contribution in [2.24, 2.45) is 0 Å². The summed E-state index contributed by atoms with van der Waals surface area (Å²) in [6.07, 6.45) is 3.32. The number of carbonyl (C=O) groups is 4. The van der Waals surface area contributed by atoms with Crippen LogP contribution in [0.25, 0.3) is 0 Å². The molecule has 1 atom stereocenters. The first kappa shape index (κ1) is 31.8. The maximum absolute atomic E-state index is 13.4. The van der Waals surface area contributed by atoms with E-state index in [1.54, 1.807) is 41.4 Å². The molecule has 2 aromatic heterocycles. The summed E-state index contributed by atoms with van der Waals surface area (Å²) >= 11 is 1.38. The van der Waals surface area contributed by atoms with E-state index in [4.69, 9.17) is 0 Å². The summed E-state index contributed by atoms with van der Waals surface area (Å²) in [6, 6.07) is 16.0. The number of nitrogens with zero attached hydrogens (tertiary/aromatic N) is 4. The molecule has 1 fully saturated rings. The Hall–Kier alpha value is -5.63. The molecule has 3 N–H and O–H groups in total. The Bertz CT molecular complexity index is 1730. The Balaban J connectivity index is 1.42. The summed E-state index contributed by atoms with van der Waals surface area (Å²) < 4.78 is 0. The molecule has 13 nitrogen and oxygen atoms in total. The number of nitrogens with one attached hydrogen (secondary N) is 2. The molecule has 14 heteroatoms. The minimum Gasteiger partial charge on any atom is -0.481 e. The number of amides is 3. The Morgan fingerprint density at radius 2 is 1.74 bits per heavy atom. The van der Waals surface area contributed by atoms with Crippen molar-refractivity contribution < 1.29 is 29.2 Å². The van der Waals surface area contributed by atoms with Crippen LogP contribution in [0.1, 0.15) is 54.8 Å². The lowest BCUT2D eigenvalue weighted by Crippen LogP contribution is -2.35. The van der Waals surface area contributed by atoms with E-state index in [9.17, 15) is 34.4 Å². The summed E-state index contributed by atoms with van der Waals surface area (Å²) in [4.78, 5) is 70.3. The normalized spacial score (nSPS) is 13.7. The van der Waals surface area contributed by atoms with E-state index in [0.717, 1.165) is 0 Å². The van der Waals surface area contributed by atoms with Crippen LogP contribution in [-0.4, -0.2) is 69.8 Å². The van der Waals surface area contributed by atoms with Crippen molar-refractivity contribution in [1.29, 1.82) is 0 Å². The first-order valence-corrected chi connectivity index (χ1v) is 15.3. The highest BCUT2D eigenvalue weighted by atomic mass is 32.1. The number of rotatable bonds is 10. The summed E-state index contributed by atoms with van der Waals surface area (Å²) in [5.74, 6) is -2.25. The molecule has 46 heavy (non-hydrogen) atoms. The van der Waals surface area contributed by atoms with E-state index < -0.39 is 28.7 Å². The van der Waals surface area contributed by atoms with Crippen LogP contribution >= 0.6 is 11.3 Å². The number of thiophene rings is 1. The molecule has 1 saturated heterocycles. The summed E-state index contributed by atoms with van der Waals surface area (Å²) in [6.45, 7) is 2.03. The fourth-order valence-corrected chi connectivity index (χ4v) is 5.84. The van der Waals surface area contributed by atoms with Crippen molar-refractivity contribution in [2.45, 2.75) is 18.9 Å². The highest BCUT2D eigenvalue weighted by molar-refractivity contribution is 7.12. The third-order valence-corrected chi connectivity index (χ3v) is 8.33. The first-order valence-electron chi connectivity index (χ1n) is 14.4. The number of nitro groups is 1. The van der Waals surface area contributed by atoms with E-state index >= 15 is 0 Å². The first-order chi connectivity index (χ1) is 22.2.